The van der Waals surface area contributed by atoms with Gasteiger partial charge in [0.05, 0.1) is 6.04 Å². The number of nitrogens with zero attached hydrogens (tertiary/aromatic N) is 2. The van der Waals surface area contributed by atoms with Crippen LogP contribution in [0.4, 0.5) is 0 Å². The summed E-state index contributed by atoms with van der Waals surface area (Å²) in [4.78, 5) is 20.1. The molecule has 2 aromatic heterocycles. The van der Waals surface area contributed by atoms with Crippen LogP contribution in [-0.4, -0.2) is 22.3 Å². The maximum atomic E-state index is 12.7. The number of carbonyl (C=O) groups is 1. The smallest absolute Gasteiger partial charge is 0.254 e. The molecule has 2 aromatic rings. The number of amides is 1. The summed E-state index contributed by atoms with van der Waals surface area (Å²) in [6, 6.07) is 5.68. The molecule has 3 nitrogen and oxygen atoms in total. The molecule has 0 spiro atoms. The van der Waals surface area contributed by atoms with Gasteiger partial charge in [-0.3, -0.25) is 4.79 Å². The number of halogens is 1. The predicted molar refractivity (Wildman–Crippen MR) is 81.5 cm³/mol. The highest BCUT2D eigenvalue weighted by Crippen LogP contribution is 2.33. The van der Waals surface area contributed by atoms with Gasteiger partial charge in [0.1, 0.15) is 5.15 Å². The van der Waals surface area contributed by atoms with E-state index in [9.17, 15) is 4.79 Å². The van der Waals surface area contributed by atoms with Crippen molar-refractivity contribution < 1.29 is 4.79 Å². The van der Waals surface area contributed by atoms with E-state index in [1.54, 1.807) is 23.5 Å². The third-order valence-corrected chi connectivity index (χ3v) is 4.90. The van der Waals surface area contributed by atoms with Crippen LogP contribution in [0, 0.1) is 6.92 Å². The molecular weight excluding hydrogens is 292 g/mol. The van der Waals surface area contributed by atoms with Gasteiger partial charge in [0, 0.05) is 22.7 Å². The highest BCUT2D eigenvalue weighted by Gasteiger charge is 2.29. The minimum atomic E-state index is 0.0294. The van der Waals surface area contributed by atoms with Crippen LogP contribution in [0.5, 0.6) is 0 Å². The van der Waals surface area contributed by atoms with E-state index in [0.29, 0.717) is 10.7 Å². The molecule has 3 heterocycles. The predicted octanol–water partition coefficient (Wildman–Crippen LogP) is 3.86. The summed E-state index contributed by atoms with van der Waals surface area (Å²) in [6.07, 6.45) is 0.931. The molecule has 1 amide bonds. The molecule has 1 atom stereocenters. The molecule has 0 aromatic carbocycles. The van der Waals surface area contributed by atoms with Gasteiger partial charge in [0.15, 0.2) is 0 Å². The van der Waals surface area contributed by atoms with Crippen LogP contribution in [-0.2, 0) is 6.42 Å². The topological polar surface area (TPSA) is 33.2 Å². The zero-order chi connectivity index (χ0) is 14.3. The largest absolute Gasteiger partial charge is 0.331 e. The Morgan fingerprint density at radius 3 is 3.05 bits per heavy atom. The molecule has 0 fully saturated rings. The van der Waals surface area contributed by atoms with Crippen LogP contribution in [0.25, 0.3) is 0 Å². The van der Waals surface area contributed by atoms with E-state index >= 15 is 0 Å². The van der Waals surface area contributed by atoms with Gasteiger partial charge in [-0.2, -0.15) is 0 Å². The molecule has 1 unspecified atom stereocenters. The lowest BCUT2D eigenvalue weighted by molar-refractivity contribution is 0.0679. The van der Waals surface area contributed by atoms with Gasteiger partial charge in [0.2, 0.25) is 0 Å². The number of aryl methyl sites for hydroxylation is 1. The molecule has 0 saturated heterocycles. The zero-order valence-electron chi connectivity index (χ0n) is 11.4. The second-order valence-corrected chi connectivity index (χ2v) is 6.43. The second-order valence-electron chi connectivity index (χ2n) is 5.04. The summed E-state index contributed by atoms with van der Waals surface area (Å²) < 4.78 is 0. The summed E-state index contributed by atoms with van der Waals surface area (Å²) in [5, 5.41) is 2.47. The van der Waals surface area contributed by atoms with E-state index < -0.39 is 0 Å². The highest BCUT2D eigenvalue weighted by atomic mass is 35.5. The first-order valence-corrected chi connectivity index (χ1v) is 7.83. The normalized spacial score (nSPS) is 17.9. The van der Waals surface area contributed by atoms with Crippen molar-refractivity contribution in [2.75, 3.05) is 6.54 Å². The first-order chi connectivity index (χ1) is 9.56. The van der Waals surface area contributed by atoms with Gasteiger partial charge < -0.3 is 4.90 Å². The SMILES string of the molecule is Cc1cc(C(=O)N2CCc3sccc3C2C)cc(Cl)n1. The molecule has 1 aliphatic rings. The van der Waals surface area contributed by atoms with E-state index in [0.717, 1.165) is 18.7 Å². The van der Waals surface area contributed by atoms with E-state index in [4.69, 9.17) is 11.6 Å². The molecular formula is C15H15ClN2OS. The molecule has 0 saturated carbocycles. The summed E-state index contributed by atoms with van der Waals surface area (Å²) in [5.41, 5.74) is 2.65. The first-order valence-electron chi connectivity index (χ1n) is 6.57. The molecule has 3 rings (SSSR count). The lowest BCUT2D eigenvalue weighted by atomic mass is 10.0. The summed E-state index contributed by atoms with van der Waals surface area (Å²) >= 11 is 7.73. The van der Waals surface area contributed by atoms with Crippen LogP contribution >= 0.6 is 22.9 Å². The van der Waals surface area contributed by atoms with Gasteiger partial charge in [-0.15, -0.1) is 11.3 Å². The van der Waals surface area contributed by atoms with Crippen molar-refractivity contribution in [1.29, 1.82) is 0 Å². The van der Waals surface area contributed by atoms with Crippen LogP contribution in [0.3, 0.4) is 0 Å². The number of hydrogen-bond donors (Lipinski definition) is 0. The van der Waals surface area contributed by atoms with Crippen LogP contribution in [0.15, 0.2) is 23.6 Å². The fourth-order valence-corrected chi connectivity index (χ4v) is 3.92. The standard InChI is InChI=1S/C15H15ClN2OS/c1-9-7-11(8-14(16)17-9)15(19)18-5-3-13-12(10(18)2)4-6-20-13/h4,6-8,10H,3,5H2,1-2H3. The Kier molecular flexibility index (Phi) is 3.52. The fraction of sp³-hybridized carbons (Fsp3) is 0.333. The van der Waals surface area contributed by atoms with E-state index in [2.05, 4.69) is 23.4 Å². The van der Waals surface area contributed by atoms with Gasteiger partial charge in [-0.1, -0.05) is 11.6 Å². The summed E-state index contributed by atoms with van der Waals surface area (Å²) in [5.74, 6) is 0.0294. The molecule has 0 N–H and O–H groups in total. The molecule has 5 heteroatoms. The van der Waals surface area contributed by atoms with Crippen molar-refractivity contribution in [3.8, 4) is 0 Å². The molecule has 1 aliphatic heterocycles. The number of rotatable bonds is 1. The van der Waals surface area contributed by atoms with Crippen LogP contribution in [0.2, 0.25) is 5.15 Å². The van der Waals surface area contributed by atoms with Crippen LogP contribution < -0.4 is 0 Å². The number of thiophene rings is 1. The maximum absolute atomic E-state index is 12.7. The van der Waals surface area contributed by atoms with Crippen molar-refractivity contribution in [2.45, 2.75) is 26.3 Å². The molecule has 0 radical (unpaired) electrons. The minimum absolute atomic E-state index is 0.0294. The number of fused-ring (bicyclic) bond motifs is 1. The van der Waals surface area contributed by atoms with Gasteiger partial charge >= 0.3 is 0 Å². The Hall–Kier alpha value is -1.39. The van der Waals surface area contributed by atoms with Crippen molar-refractivity contribution >= 4 is 28.8 Å². The Balaban J connectivity index is 1.92. The summed E-state index contributed by atoms with van der Waals surface area (Å²) in [7, 11) is 0. The van der Waals surface area contributed by atoms with Gasteiger partial charge in [-0.05, 0) is 49.4 Å². The van der Waals surface area contributed by atoms with E-state index in [-0.39, 0.29) is 11.9 Å². The molecule has 0 aliphatic carbocycles. The zero-order valence-corrected chi connectivity index (χ0v) is 13.0. The van der Waals surface area contributed by atoms with E-state index in [1.807, 2.05) is 11.8 Å². The van der Waals surface area contributed by atoms with Crippen molar-refractivity contribution in [1.82, 2.24) is 9.88 Å². The summed E-state index contributed by atoms with van der Waals surface area (Å²) in [6.45, 7) is 4.68. The number of carbonyl (C=O) groups excluding carboxylic acids is 1. The van der Waals surface area contributed by atoms with Gasteiger partial charge in [0.25, 0.3) is 5.91 Å². The highest BCUT2D eigenvalue weighted by molar-refractivity contribution is 7.10. The third kappa shape index (κ3) is 2.34. The van der Waals surface area contributed by atoms with Crippen molar-refractivity contribution in [2.24, 2.45) is 0 Å². The second kappa shape index (κ2) is 5.19. The Bertz CT molecular complexity index is 647. The average Bonchev–Trinajstić information content (AvgIpc) is 2.86. The molecule has 20 heavy (non-hydrogen) atoms. The third-order valence-electron chi connectivity index (χ3n) is 3.71. The Morgan fingerprint density at radius 1 is 1.50 bits per heavy atom. The van der Waals surface area contributed by atoms with Gasteiger partial charge in [-0.25, -0.2) is 4.98 Å². The fourth-order valence-electron chi connectivity index (χ4n) is 2.70. The number of pyridine rings is 1. The molecule has 0 bridgehead atoms. The monoisotopic (exact) mass is 306 g/mol. The molecule has 104 valence electrons. The van der Waals surface area contributed by atoms with E-state index in [1.165, 1.54) is 10.4 Å². The number of aromatic nitrogens is 1. The lowest BCUT2D eigenvalue weighted by Crippen LogP contribution is -2.38. The first kappa shape index (κ1) is 13.6. The minimum Gasteiger partial charge on any atom is -0.331 e. The quantitative estimate of drug-likeness (QED) is 0.749. The Morgan fingerprint density at radius 2 is 2.30 bits per heavy atom. The van der Waals surface area contributed by atoms with Crippen molar-refractivity contribution in [3.63, 3.8) is 0 Å². The average molecular weight is 307 g/mol. The lowest BCUT2D eigenvalue weighted by Gasteiger charge is -2.33. The van der Waals surface area contributed by atoms with Crippen LogP contribution in [0.1, 0.15) is 39.5 Å². The maximum Gasteiger partial charge on any atom is 0.254 e. The number of hydrogen-bond acceptors (Lipinski definition) is 3. The Labute approximate surface area is 127 Å². The van der Waals surface area contributed by atoms with Crippen molar-refractivity contribution in [3.05, 3.63) is 50.4 Å².